The van der Waals surface area contributed by atoms with E-state index in [1.54, 1.807) is 0 Å². The molecule has 0 aromatic heterocycles. The molecule has 3 heteroatoms. The minimum atomic E-state index is -0.516. The molecule has 14 heavy (non-hydrogen) atoms. The van der Waals surface area contributed by atoms with Gasteiger partial charge in [0.25, 0.3) is 0 Å². The molecule has 2 rings (SSSR count). The lowest BCUT2D eigenvalue weighted by molar-refractivity contribution is -0.137. The smallest absolute Gasteiger partial charge is 0.346 e. The van der Waals surface area contributed by atoms with Crippen LogP contribution >= 0.6 is 0 Å². The van der Waals surface area contributed by atoms with Crippen molar-refractivity contribution in [1.29, 1.82) is 0 Å². The number of carbonyl (C=O) groups is 2. The zero-order valence-corrected chi connectivity index (χ0v) is 8.09. The maximum absolute atomic E-state index is 11.4. The van der Waals surface area contributed by atoms with Crippen LogP contribution in [0.3, 0.4) is 0 Å². The summed E-state index contributed by atoms with van der Waals surface area (Å²) in [4.78, 5) is 22.5. The fraction of sp³-hybridized carbons (Fsp3) is 0.273. The van der Waals surface area contributed by atoms with Crippen molar-refractivity contribution in [2.45, 2.75) is 20.3 Å². The molecule has 3 nitrogen and oxygen atoms in total. The maximum atomic E-state index is 11.4. The molecule has 0 radical (unpaired) electrons. The largest absolute Gasteiger partial charge is 0.389 e. The molecular weight excluding hydrogens is 180 g/mol. The number of hydrogen-bond acceptors (Lipinski definition) is 3. The Hall–Kier alpha value is -1.64. The van der Waals surface area contributed by atoms with E-state index in [4.69, 9.17) is 0 Å². The molecule has 1 heterocycles. The number of fused-ring (bicyclic) bond motifs is 1. The first-order chi connectivity index (χ1) is 6.59. The number of esters is 2. The van der Waals surface area contributed by atoms with Gasteiger partial charge in [0.2, 0.25) is 0 Å². The van der Waals surface area contributed by atoms with Crippen LogP contribution in [0.15, 0.2) is 12.1 Å². The van der Waals surface area contributed by atoms with Crippen molar-refractivity contribution in [2.75, 3.05) is 0 Å². The fourth-order valence-corrected chi connectivity index (χ4v) is 1.72. The number of benzene rings is 1. The van der Waals surface area contributed by atoms with Gasteiger partial charge in [0.15, 0.2) is 0 Å². The quantitative estimate of drug-likeness (QED) is 0.460. The Morgan fingerprint density at radius 3 is 2.50 bits per heavy atom. The molecule has 0 saturated carbocycles. The lowest BCUT2D eigenvalue weighted by atomic mass is 9.93. The molecule has 0 saturated heterocycles. The van der Waals surface area contributed by atoms with Crippen molar-refractivity contribution in [3.63, 3.8) is 0 Å². The molecule has 1 aromatic carbocycles. The summed E-state index contributed by atoms with van der Waals surface area (Å²) in [5.74, 6) is -0.978. The second kappa shape index (κ2) is 2.94. The lowest BCUT2D eigenvalue weighted by Gasteiger charge is -2.17. The predicted octanol–water partition coefficient (Wildman–Crippen LogP) is 1.54. The van der Waals surface area contributed by atoms with Crippen molar-refractivity contribution in [3.8, 4) is 0 Å². The molecule has 0 N–H and O–H groups in total. The van der Waals surface area contributed by atoms with E-state index in [9.17, 15) is 9.59 Å². The molecule has 1 aromatic rings. The number of carbonyl (C=O) groups excluding carboxylic acids is 2. The molecule has 0 fully saturated rings. The van der Waals surface area contributed by atoms with Gasteiger partial charge in [-0.1, -0.05) is 12.1 Å². The van der Waals surface area contributed by atoms with Crippen LogP contribution in [0.1, 0.15) is 27.0 Å². The first-order valence-corrected chi connectivity index (χ1v) is 4.43. The Morgan fingerprint density at radius 1 is 1.14 bits per heavy atom. The molecule has 0 unspecified atom stereocenters. The van der Waals surface area contributed by atoms with Gasteiger partial charge in [-0.25, -0.2) is 4.79 Å². The minimum absolute atomic E-state index is 0.203. The molecule has 0 aliphatic carbocycles. The standard InChI is InChI=1S/C11H10O3/c1-6-3-4-7(2)10-8(6)5-9(12)14-11(10)13/h3-4H,5H2,1-2H3. The van der Waals surface area contributed by atoms with E-state index in [1.165, 1.54) is 0 Å². The van der Waals surface area contributed by atoms with Crippen LogP contribution in [0, 0.1) is 13.8 Å². The SMILES string of the molecule is Cc1ccc(C)c2c1CC(=O)OC2=O. The van der Waals surface area contributed by atoms with Crippen LogP contribution in [0.5, 0.6) is 0 Å². The Bertz CT molecular complexity index is 432. The second-order valence-electron chi connectivity index (χ2n) is 3.49. The fourth-order valence-electron chi connectivity index (χ4n) is 1.72. The van der Waals surface area contributed by atoms with Crippen molar-refractivity contribution in [2.24, 2.45) is 0 Å². The summed E-state index contributed by atoms with van der Waals surface area (Å²) in [6.45, 7) is 3.74. The Morgan fingerprint density at radius 2 is 1.79 bits per heavy atom. The highest BCUT2D eigenvalue weighted by atomic mass is 16.6. The zero-order chi connectivity index (χ0) is 10.3. The number of rotatable bonds is 0. The van der Waals surface area contributed by atoms with Gasteiger partial charge in [-0.15, -0.1) is 0 Å². The topological polar surface area (TPSA) is 43.4 Å². The first-order valence-electron chi connectivity index (χ1n) is 4.43. The van der Waals surface area contributed by atoms with Crippen LogP contribution in [-0.4, -0.2) is 11.9 Å². The lowest BCUT2D eigenvalue weighted by Crippen LogP contribution is -2.24. The summed E-state index contributed by atoms with van der Waals surface area (Å²) in [5.41, 5.74) is 3.20. The second-order valence-corrected chi connectivity index (χ2v) is 3.49. The zero-order valence-electron chi connectivity index (χ0n) is 8.09. The number of hydrogen-bond donors (Lipinski definition) is 0. The van der Waals surface area contributed by atoms with E-state index in [0.717, 1.165) is 16.7 Å². The van der Waals surface area contributed by atoms with E-state index in [-0.39, 0.29) is 6.42 Å². The van der Waals surface area contributed by atoms with Crippen LogP contribution in [-0.2, 0) is 16.0 Å². The summed E-state index contributed by atoms with van der Waals surface area (Å²) < 4.78 is 4.57. The van der Waals surface area contributed by atoms with Gasteiger partial charge in [-0.2, -0.15) is 0 Å². The van der Waals surface area contributed by atoms with E-state index in [2.05, 4.69) is 4.74 Å². The molecule has 0 spiro atoms. The monoisotopic (exact) mass is 190 g/mol. The van der Waals surface area contributed by atoms with E-state index in [1.807, 2.05) is 26.0 Å². The van der Waals surface area contributed by atoms with Crippen molar-refractivity contribution in [3.05, 3.63) is 34.4 Å². The highest BCUT2D eigenvalue weighted by Crippen LogP contribution is 2.24. The normalized spacial score (nSPS) is 15.0. The van der Waals surface area contributed by atoms with Gasteiger partial charge < -0.3 is 4.74 Å². The first kappa shape index (κ1) is 8.94. The summed E-state index contributed by atoms with van der Waals surface area (Å²) in [6, 6.07) is 3.78. The average molecular weight is 190 g/mol. The van der Waals surface area contributed by atoms with Crippen molar-refractivity contribution >= 4 is 11.9 Å². The van der Waals surface area contributed by atoms with E-state index in [0.29, 0.717) is 5.56 Å². The van der Waals surface area contributed by atoms with Gasteiger partial charge in [0.05, 0.1) is 12.0 Å². The number of aryl methyl sites for hydroxylation is 2. The summed E-state index contributed by atoms with van der Waals surface area (Å²) in [5, 5.41) is 0. The third-order valence-corrected chi connectivity index (χ3v) is 2.49. The molecular formula is C11H10O3. The molecule has 1 aliphatic rings. The molecule has 0 bridgehead atoms. The molecule has 0 atom stereocenters. The predicted molar refractivity (Wildman–Crippen MR) is 50.0 cm³/mol. The van der Waals surface area contributed by atoms with E-state index >= 15 is 0 Å². The molecule has 0 amide bonds. The van der Waals surface area contributed by atoms with Crippen molar-refractivity contribution in [1.82, 2.24) is 0 Å². The van der Waals surface area contributed by atoms with Gasteiger partial charge >= 0.3 is 11.9 Å². The summed E-state index contributed by atoms with van der Waals surface area (Å²) in [7, 11) is 0. The third-order valence-electron chi connectivity index (χ3n) is 2.49. The van der Waals surface area contributed by atoms with Crippen LogP contribution in [0.25, 0.3) is 0 Å². The minimum Gasteiger partial charge on any atom is -0.389 e. The average Bonchev–Trinajstić information content (AvgIpc) is 2.10. The van der Waals surface area contributed by atoms with Gasteiger partial charge in [0.1, 0.15) is 0 Å². The number of cyclic esters (lactones) is 2. The number of ether oxygens (including phenoxy) is 1. The molecule has 72 valence electrons. The van der Waals surface area contributed by atoms with Gasteiger partial charge in [0, 0.05) is 0 Å². The summed E-state index contributed by atoms with van der Waals surface area (Å²) in [6.07, 6.45) is 0.203. The highest BCUT2D eigenvalue weighted by molar-refractivity contribution is 6.03. The van der Waals surface area contributed by atoms with Crippen molar-refractivity contribution < 1.29 is 14.3 Å². The Labute approximate surface area is 81.7 Å². The van der Waals surface area contributed by atoms with Gasteiger partial charge in [-0.05, 0) is 30.5 Å². The molecule has 1 aliphatic heterocycles. The van der Waals surface area contributed by atoms with E-state index < -0.39 is 11.9 Å². The van der Waals surface area contributed by atoms with Crippen LogP contribution in [0.4, 0.5) is 0 Å². The highest BCUT2D eigenvalue weighted by Gasteiger charge is 2.27. The Balaban J connectivity index is 2.69. The Kier molecular flexibility index (Phi) is 1.88. The third kappa shape index (κ3) is 1.21. The van der Waals surface area contributed by atoms with Gasteiger partial charge in [-0.3, -0.25) is 4.79 Å². The van der Waals surface area contributed by atoms with Crippen LogP contribution < -0.4 is 0 Å². The summed E-state index contributed by atoms with van der Waals surface area (Å²) >= 11 is 0. The maximum Gasteiger partial charge on any atom is 0.346 e. The van der Waals surface area contributed by atoms with Crippen LogP contribution in [0.2, 0.25) is 0 Å².